The number of amides is 2. The van der Waals surface area contributed by atoms with E-state index in [4.69, 9.17) is 0 Å². The summed E-state index contributed by atoms with van der Waals surface area (Å²) in [5.41, 5.74) is 5.78. The fourth-order valence-corrected chi connectivity index (χ4v) is 4.66. The van der Waals surface area contributed by atoms with Crippen molar-refractivity contribution in [2.24, 2.45) is 7.05 Å². The van der Waals surface area contributed by atoms with Gasteiger partial charge >= 0.3 is 0 Å². The highest BCUT2D eigenvalue weighted by molar-refractivity contribution is 6.01. The van der Waals surface area contributed by atoms with Crippen LogP contribution in [-0.4, -0.2) is 37.8 Å². The van der Waals surface area contributed by atoms with Gasteiger partial charge in [0.1, 0.15) is 17.6 Å². The van der Waals surface area contributed by atoms with Crippen molar-refractivity contribution >= 4 is 23.6 Å². The highest BCUT2D eigenvalue weighted by Gasteiger charge is 2.34. The van der Waals surface area contributed by atoms with Crippen molar-refractivity contribution in [3.63, 3.8) is 0 Å². The van der Waals surface area contributed by atoms with Crippen molar-refractivity contribution < 1.29 is 14.0 Å². The zero-order valence-electron chi connectivity index (χ0n) is 20.0. The molecule has 8 nitrogen and oxygen atoms in total. The van der Waals surface area contributed by atoms with E-state index in [1.54, 1.807) is 49.5 Å². The lowest BCUT2D eigenvalue weighted by Gasteiger charge is -2.24. The number of carbonyl (C=O) groups excluding carboxylic acids is 2. The van der Waals surface area contributed by atoms with Crippen molar-refractivity contribution in [2.45, 2.75) is 25.8 Å². The third kappa shape index (κ3) is 4.19. The predicted octanol–water partition coefficient (Wildman–Crippen LogP) is 4.11. The van der Waals surface area contributed by atoms with Gasteiger partial charge in [-0.2, -0.15) is 10.2 Å². The summed E-state index contributed by atoms with van der Waals surface area (Å²) < 4.78 is 15.8. The summed E-state index contributed by atoms with van der Waals surface area (Å²) >= 11 is 0. The number of carbonyl (C=O) groups is 2. The summed E-state index contributed by atoms with van der Waals surface area (Å²) in [6, 6.07) is 12.8. The molecule has 0 saturated heterocycles. The monoisotopic (exact) mass is 484 g/mol. The second-order valence-electron chi connectivity index (χ2n) is 8.79. The molecule has 5 rings (SSSR count). The predicted molar refractivity (Wildman–Crippen MR) is 135 cm³/mol. The average Bonchev–Trinajstić information content (AvgIpc) is 3.57. The number of aromatic nitrogens is 4. The zero-order valence-corrected chi connectivity index (χ0v) is 20.0. The minimum Gasteiger partial charge on any atom is -0.338 e. The second kappa shape index (κ2) is 9.26. The number of nitrogens with zero attached hydrogens (tertiary/aromatic N) is 3. The molecule has 3 N–H and O–H groups in total. The van der Waals surface area contributed by atoms with Gasteiger partial charge < -0.3 is 10.6 Å². The van der Waals surface area contributed by atoms with Crippen LogP contribution in [0.5, 0.6) is 0 Å². The van der Waals surface area contributed by atoms with Gasteiger partial charge in [0.15, 0.2) is 0 Å². The Balaban J connectivity index is 1.42. The summed E-state index contributed by atoms with van der Waals surface area (Å²) in [6.07, 6.45) is 4.90. The first-order valence-corrected chi connectivity index (χ1v) is 11.5. The lowest BCUT2D eigenvalue weighted by molar-refractivity contribution is -0.118. The lowest BCUT2D eigenvalue weighted by atomic mass is 9.92. The maximum absolute atomic E-state index is 14.4. The molecule has 2 aromatic carbocycles. The van der Waals surface area contributed by atoms with Crippen LogP contribution in [0.4, 0.5) is 10.1 Å². The Hall–Kier alpha value is -4.53. The van der Waals surface area contributed by atoms with E-state index in [1.807, 2.05) is 26.0 Å². The molecular formula is C27H25FN6O2. The number of rotatable bonds is 6. The molecule has 1 aliphatic carbocycles. The van der Waals surface area contributed by atoms with Gasteiger partial charge in [-0.3, -0.25) is 19.4 Å². The van der Waals surface area contributed by atoms with E-state index >= 15 is 0 Å². The van der Waals surface area contributed by atoms with Crippen LogP contribution in [0.25, 0.3) is 17.2 Å². The topological polar surface area (TPSA) is 105 Å². The van der Waals surface area contributed by atoms with E-state index in [1.165, 1.54) is 16.9 Å². The number of aryl methyl sites for hydroxylation is 3. The van der Waals surface area contributed by atoms with Gasteiger partial charge in [0.25, 0.3) is 5.91 Å². The fraction of sp³-hybridized carbons (Fsp3) is 0.185. The quantitative estimate of drug-likeness (QED) is 0.383. The molecule has 0 aliphatic heterocycles. The van der Waals surface area contributed by atoms with Crippen LogP contribution >= 0.6 is 0 Å². The number of H-pyrrole nitrogens is 1. The molecule has 1 aliphatic rings. The third-order valence-electron chi connectivity index (χ3n) is 6.47. The Morgan fingerprint density at radius 3 is 2.56 bits per heavy atom. The average molecular weight is 485 g/mol. The first-order chi connectivity index (χ1) is 17.3. The van der Waals surface area contributed by atoms with Crippen molar-refractivity contribution in [2.75, 3.05) is 5.32 Å². The van der Waals surface area contributed by atoms with Crippen molar-refractivity contribution in [1.29, 1.82) is 0 Å². The molecule has 4 aromatic rings. The smallest absolute Gasteiger partial charge is 0.270 e. The van der Waals surface area contributed by atoms with Crippen LogP contribution in [0.1, 0.15) is 38.9 Å². The minimum absolute atomic E-state index is 0.310. The molecule has 182 valence electrons. The van der Waals surface area contributed by atoms with Gasteiger partial charge in [0, 0.05) is 41.7 Å². The Bertz CT molecular complexity index is 1460. The van der Waals surface area contributed by atoms with Gasteiger partial charge in [0.2, 0.25) is 5.91 Å². The first-order valence-electron chi connectivity index (χ1n) is 11.5. The number of hydrogen-bond donors (Lipinski definition) is 3. The van der Waals surface area contributed by atoms with Crippen LogP contribution in [0.15, 0.2) is 60.8 Å². The van der Waals surface area contributed by atoms with E-state index in [0.29, 0.717) is 22.5 Å². The van der Waals surface area contributed by atoms with Crippen LogP contribution in [0, 0.1) is 19.7 Å². The Kier molecular flexibility index (Phi) is 5.97. The SMILES string of the molecule is Cc1n[nH]c(C)c1-c1ccc(NC(=O)[C@H](NC(=O)c2ccnn2C)[C@H]2C=Cc3c(F)cccc32)cc1. The fourth-order valence-electron chi connectivity index (χ4n) is 4.66. The summed E-state index contributed by atoms with van der Waals surface area (Å²) in [6.45, 7) is 3.89. The van der Waals surface area contributed by atoms with Crippen LogP contribution < -0.4 is 10.6 Å². The summed E-state index contributed by atoms with van der Waals surface area (Å²) in [4.78, 5) is 26.5. The number of aromatic amines is 1. The molecule has 0 radical (unpaired) electrons. The summed E-state index contributed by atoms with van der Waals surface area (Å²) in [5, 5.41) is 17.0. The Morgan fingerprint density at radius 1 is 1.11 bits per heavy atom. The molecule has 0 bridgehead atoms. The van der Waals surface area contributed by atoms with Crippen molar-refractivity contribution in [3.05, 3.63) is 94.8 Å². The molecule has 2 heterocycles. The third-order valence-corrected chi connectivity index (χ3v) is 6.47. The number of anilines is 1. The lowest BCUT2D eigenvalue weighted by Crippen LogP contribution is -2.47. The number of benzene rings is 2. The van der Waals surface area contributed by atoms with Gasteiger partial charge in [-0.25, -0.2) is 4.39 Å². The molecule has 2 amide bonds. The molecule has 0 saturated carbocycles. The highest BCUT2D eigenvalue weighted by atomic mass is 19.1. The molecule has 9 heteroatoms. The normalized spacial score (nSPS) is 14.9. The largest absolute Gasteiger partial charge is 0.338 e. The maximum Gasteiger partial charge on any atom is 0.270 e. The summed E-state index contributed by atoms with van der Waals surface area (Å²) in [7, 11) is 1.65. The Morgan fingerprint density at radius 2 is 1.89 bits per heavy atom. The Labute approximate surface area is 207 Å². The molecular weight excluding hydrogens is 459 g/mol. The molecule has 36 heavy (non-hydrogen) atoms. The first kappa shape index (κ1) is 23.2. The van der Waals surface area contributed by atoms with E-state index < -0.39 is 23.8 Å². The van der Waals surface area contributed by atoms with E-state index in [0.717, 1.165) is 22.5 Å². The molecule has 0 unspecified atom stereocenters. The standard InChI is InChI=1S/C27H25FN6O2/c1-15-24(16(2)33-32-15)17-7-9-18(10-8-17)30-27(36)25(31-26(35)23-13-14-29-34(23)3)21-12-11-20-19(21)5-4-6-22(20)28/h4-14,21,25H,1-3H3,(H,30,36)(H,31,35)(H,32,33)/t21-,25+/m0/s1. The van der Waals surface area contributed by atoms with E-state index in [9.17, 15) is 14.0 Å². The van der Waals surface area contributed by atoms with Gasteiger partial charge in [-0.1, -0.05) is 36.4 Å². The highest BCUT2D eigenvalue weighted by Crippen LogP contribution is 2.35. The van der Waals surface area contributed by atoms with Crippen LogP contribution in [0.2, 0.25) is 0 Å². The zero-order chi connectivity index (χ0) is 25.4. The van der Waals surface area contributed by atoms with Gasteiger partial charge in [-0.05, 0) is 49.2 Å². The van der Waals surface area contributed by atoms with E-state index in [-0.39, 0.29) is 5.82 Å². The maximum atomic E-state index is 14.4. The number of fused-ring (bicyclic) bond motifs is 1. The van der Waals surface area contributed by atoms with Crippen molar-refractivity contribution in [1.82, 2.24) is 25.3 Å². The molecule has 0 fully saturated rings. The molecule has 2 atom stereocenters. The van der Waals surface area contributed by atoms with Crippen molar-refractivity contribution in [3.8, 4) is 11.1 Å². The second-order valence-corrected chi connectivity index (χ2v) is 8.79. The number of nitrogens with one attached hydrogen (secondary N) is 3. The van der Waals surface area contributed by atoms with Crippen LogP contribution in [-0.2, 0) is 11.8 Å². The van der Waals surface area contributed by atoms with E-state index in [2.05, 4.69) is 25.9 Å². The molecule has 0 spiro atoms. The van der Waals surface area contributed by atoms with Gasteiger partial charge in [-0.15, -0.1) is 0 Å². The molecule has 2 aromatic heterocycles. The summed E-state index contributed by atoms with van der Waals surface area (Å²) in [5.74, 6) is -1.78. The number of hydrogen-bond acceptors (Lipinski definition) is 4. The minimum atomic E-state index is -0.982. The number of halogens is 1. The van der Waals surface area contributed by atoms with Gasteiger partial charge in [0.05, 0.1) is 5.69 Å². The van der Waals surface area contributed by atoms with Crippen LogP contribution in [0.3, 0.4) is 0 Å².